The van der Waals surface area contributed by atoms with Gasteiger partial charge in [0.1, 0.15) is 11.8 Å². The number of benzene rings is 3. The summed E-state index contributed by atoms with van der Waals surface area (Å²) in [5.41, 5.74) is 5.39. The van der Waals surface area contributed by atoms with Gasteiger partial charge in [-0.1, -0.05) is 30.3 Å². The molecule has 8 nitrogen and oxygen atoms in total. The Balaban J connectivity index is 1.18. The third-order valence-corrected chi connectivity index (χ3v) is 6.53. The second-order valence-corrected chi connectivity index (χ2v) is 9.40. The summed E-state index contributed by atoms with van der Waals surface area (Å²) < 4.78 is 5.67. The fraction of sp³-hybridized carbons (Fsp3) is 0.161. The van der Waals surface area contributed by atoms with Crippen LogP contribution in [0.4, 0.5) is 5.69 Å². The largest absolute Gasteiger partial charge is 0.438 e. The second-order valence-electron chi connectivity index (χ2n) is 9.40. The van der Waals surface area contributed by atoms with Crippen LogP contribution in [0.3, 0.4) is 0 Å². The van der Waals surface area contributed by atoms with Crippen LogP contribution in [-0.2, 0) is 19.5 Å². The highest BCUT2D eigenvalue weighted by Crippen LogP contribution is 2.24. The van der Waals surface area contributed by atoms with Gasteiger partial charge in [0.15, 0.2) is 0 Å². The monoisotopic (exact) mass is 517 g/mol. The van der Waals surface area contributed by atoms with Gasteiger partial charge in [-0.3, -0.25) is 9.59 Å². The van der Waals surface area contributed by atoms with Crippen LogP contribution in [0.15, 0.2) is 85.1 Å². The van der Waals surface area contributed by atoms with E-state index in [-0.39, 0.29) is 24.2 Å². The first kappa shape index (κ1) is 25.6. The van der Waals surface area contributed by atoms with E-state index in [9.17, 15) is 14.9 Å². The number of para-hydroxylation sites is 1. The smallest absolute Gasteiger partial charge is 0.255 e. The number of anilines is 1. The molecule has 0 spiro atoms. The maximum absolute atomic E-state index is 12.9. The average molecular weight is 518 g/mol. The fourth-order valence-corrected chi connectivity index (χ4v) is 4.42. The van der Waals surface area contributed by atoms with Crippen molar-refractivity contribution in [3.05, 3.63) is 118 Å². The molecule has 0 atom stereocenters. The number of likely N-dealkylation sites (N-methyl/N-ethyl adjacent to an activating group) is 1. The van der Waals surface area contributed by atoms with Gasteiger partial charge in [0, 0.05) is 43.1 Å². The van der Waals surface area contributed by atoms with E-state index >= 15 is 0 Å². The van der Waals surface area contributed by atoms with Crippen LogP contribution in [-0.4, -0.2) is 35.3 Å². The number of hydrogen-bond acceptors (Lipinski definition) is 6. The van der Waals surface area contributed by atoms with E-state index in [4.69, 9.17) is 4.74 Å². The molecule has 0 fully saturated rings. The number of fused-ring (bicyclic) bond motifs is 1. The number of aromatic nitrogens is 1. The summed E-state index contributed by atoms with van der Waals surface area (Å²) in [7, 11) is 2.09. The summed E-state index contributed by atoms with van der Waals surface area (Å²) in [6, 6.07) is 25.3. The maximum Gasteiger partial charge on any atom is 0.255 e. The summed E-state index contributed by atoms with van der Waals surface area (Å²) in [6.45, 7) is 2.16. The predicted octanol–water partition coefficient (Wildman–Crippen LogP) is 4.92. The van der Waals surface area contributed by atoms with E-state index in [1.165, 1.54) is 17.3 Å². The second kappa shape index (κ2) is 11.6. The van der Waals surface area contributed by atoms with Gasteiger partial charge in [-0.2, -0.15) is 5.26 Å². The Morgan fingerprint density at radius 2 is 1.85 bits per heavy atom. The van der Waals surface area contributed by atoms with Gasteiger partial charge >= 0.3 is 0 Å². The Hall–Kier alpha value is -5.00. The Kier molecular flexibility index (Phi) is 7.62. The summed E-state index contributed by atoms with van der Waals surface area (Å²) in [4.78, 5) is 32.0. The highest BCUT2D eigenvalue weighted by atomic mass is 16.5. The molecule has 0 radical (unpaired) electrons. The molecule has 1 aliphatic heterocycles. The van der Waals surface area contributed by atoms with Gasteiger partial charge in [0.05, 0.1) is 11.1 Å². The van der Waals surface area contributed by atoms with Gasteiger partial charge in [0.2, 0.25) is 5.88 Å². The van der Waals surface area contributed by atoms with Gasteiger partial charge < -0.3 is 20.3 Å². The quantitative estimate of drug-likeness (QED) is 0.361. The standard InChI is InChI=1S/C31H27N5O3/c1-36-14-13-22-9-11-27(16-26(22)20-36)35-31(38)23-7-4-5-21(15-23)18-34-30(37)25-10-12-29(33-19-25)39-28-8-3-2-6-24(28)17-32/h2-12,15-16,19H,13-14,18,20H2,1H3,(H,34,37)(H,35,38). The molecule has 2 N–H and O–H groups in total. The van der Waals surface area contributed by atoms with Crippen molar-refractivity contribution < 1.29 is 14.3 Å². The molecule has 2 heterocycles. The van der Waals surface area contributed by atoms with Crippen LogP contribution in [0.1, 0.15) is 43.0 Å². The van der Waals surface area contributed by atoms with E-state index in [2.05, 4.69) is 39.7 Å². The van der Waals surface area contributed by atoms with E-state index < -0.39 is 0 Å². The zero-order valence-electron chi connectivity index (χ0n) is 21.5. The normalized spacial score (nSPS) is 12.6. The van der Waals surface area contributed by atoms with Crippen molar-refractivity contribution >= 4 is 17.5 Å². The van der Waals surface area contributed by atoms with Crippen LogP contribution in [0.5, 0.6) is 11.6 Å². The zero-order valence-corrected chi connectivity index (χ0v) is 21.5. The lowest BCUT2D eigenvalue weighted by atomic mass is 9.99. The van der Waals surface area contributed by atoms with E-state index in [0.717, 1.165) is 30.8 Å². The summed E-state index contributed by atoms with van der Waals surface area (Å²) >= 11 is 0. The van der Waals surface area contributed by atoms with Crippen molar-refractivity contribution in [2.45, 2.75) is 19.5 Å². The molecule has 194 valence electrons. The van der Waals surface area contributed by atoms with Crippen molar-refractivity contribution in [2.24, 2.45) is 0 Å². The van der Waals surface area contributed by atoms with Crippen molar-refractivity contribution in [1.29, 1.82) is 5.26 Å². The van der Waals surface area contributed by atoms with Crippen LogP contribution in [0.25, 0.3) is 0 Å². The highest BCUT2D eigenvalue weighted by molar-refractivity contribution is 6.04. The molecule has 0 aliphatic carbocycles. The molecule has 39 heavy (non-hydrogen) atoms. The Bertz CT molecular complexity index is 1560. The summed E-state index contributed by atoms with van der Waals surface area (Å²) in [5.74, 6) is 0.164. The molecule has 3 aromatic carbocycles. The molecule has 0 saturated carbocycles. The van der Waals surface area contributed by atoms with Crippen LogP contribution >= 0.6 is 0 Å². The minimum Gasteiger partial charge on any atom is -0.438 e. The highest BCUT2D eigenvalue weighted by Gasteiger charge is 2.15. The zero-order chi connectivity index (χ0) is 27.2. The molecule has 1 aliphatic rings. The van der Waals surface area contributed by atoms with Crippen LogP contribution < -0.4 is 15.4 Å². The number of amides is 2. The molecular weight excluding hydrogens is 490 g/mol. The lowest BCUT2D eigenvalue weighted by molar-refractivity contribution is 0.0950. The van der Waals surface area contributed by atoms with Crippen molar-refractivity contribution in [3.63, 3.8) is 0 Å². The number of carbonyl (C=O) groups excluding carboxylic acids is 2. The summed E-state index contributed by atoms with van der Waals surface area (Å²) in [6.07, 6.45) is 2.43. The molecule has 0 saturated heterocycles. The minimum absolute atomic E-state index is 0.204. The van der Waals surface area contributed by atoms with Gasteiger partial charge in [-0.15, -0.1) is 0 Å². The number of pyridine rings is 1. The molecule has 5 rings (SSSR count). The number of carbonyl (C=O) groups is 2. The number of ether oxygens (including phenoxy) is 1. The van der Waals surface area contributed by atoms with Crippen molar-refractivity contribution in [3.8, 4) is 17.7 Å². The lowest BCUT2D eigenvalue weighted by Gasteiger charge is -2.25. The predicted molar refractivity (Wildman–Crippen MR) is 148 cm³/mol. The molecule has 1 aromatic heterocycles. The molecular formula is C31H27N5O3. The molecule has 4 aromatic rings. The van der Waals surface area contributed by atoms with E-state index in [1.807, 2.05) is 18.2 Å². The fourth-order valence-electron chi connectivity index (χ4n) is 4.42. The number of nitrogens with zero attached hydrogens (tertiary/aromatic N) is 3. The third kappa shape index (κ3) is 6.29. The number of hydrogen-bond donors (Lipinski definition) is 2. The Morgan fingerprint density at radius 3 is 2.67 bits per heavy atom. The topological polar surface area (TPSA) is 107 Å². The van der Waals surface area contributed by atoms with Gasteiger partial charge in [-0.05, 0) is 72.6 Å². The Morgan fingerprint density at radius 1 is 0.974 bits per heavy atom. The molecule has 0 unspecified atom stereocenters. The number of nitrogens with one attached hydrogen (secondary N) is 2. The van der Waals surface area contributed by atoms with Crippen molar-refractivity contribution in [1.82, 2.24) is 15.2 Å². The van der Waals surface area contributed by atoms with Crippen molar-refractivity contribution in [2.75, 3.05) is 18.9 Å². The minimum atomic E-state index is -0.305. The van der Waals surface area contributed by atoms with E-state index in [1.54, 1.807) is 54.6 Å². The van der Waals surface area contributed by atoms with E-state index in [0.29, 0.717) is 22.4 Å². The first-order chi connectivity index (χ1) is 19.0. The van der Waals surface area contributed by atoms with Gasteiger partial charge in [-0.25, -0.2) is 4.98 Å². The lowest BCUT2D eigenvalue weighted by Crippen LogP contribution is -2.26. The summed E-state index contributed by atoms with van der Waals surface area (Å²) in [5, 5.41) is 15.0. The first-order valence-corrected chi connectivity index (χ1v) is 12.6. The number of rotatable bonds is 7. The SMILES string of the molecule is CN1CCc2ccc(NC(=O)c3cccc(CNC(=O)c4ccc(Oc5ccccc5C#N)nc4)c3)cc2C1. The van der Waals surface area contributed by atoms with Crippen LogP contribution in [0.2, 0.25) is 0 Å². The molecule has 0 bridgehead atoms. The maximum atomic E-state index is 12.9. The average Bonchev–Trinajstić information content (AvgIpc) is 2.96. The first-order valence-electron chi connectivity index (χ1n) is 12.6. The molecule has 2 amide bonds. The third-order valence-electron chi connectivity index (χ3n) is 6.53. The Labute approximate surface area is 226 Å². The number of nitriles is 1. The molecule has 8 heteroatoms. The van der Waals surface area contributed by atoms with Gasteiger partial charge in [0.25, 0.3) is 11.8 Å². The van der Waals surface area contributed by atoms with Crippen LogP contribution in [0, 0.1) is 11.3 Å².